The number of aromatic nitrogens is 2. The Morgan fingerprint density at radius 3 is 1.84 bits per heavy atom. The van der Waals surface area contributed by atoms with Gasteiger partial charge in [0, 0.05) is 18.4 Å². The van der Waals surface area contributed by atoms with E-state index in [1.54, 1.807) is 12.4 Å². The van der Waals surface area contributed by atoms with Gasteiger partial charge in [0.05, 0.1) is 25.6 Å². The Balaban J connectivity index is 1.73. The van der Waals surface area contributed by atoms with E-state index in [9.17, 15) is 8.78 Å². The average molecular weight is 435 g/mol. The number of nitrogens with zero attached hydrogens (tertiary/aromatic N) is 2. The van der Waals surface area contributed by atoms with E-state index in [0.717, 1.165) is 37.7 Å². The second-order valence-corrected chi connectivity index (χ2v) is 7.87. The van der Waals surface area contributed by atoms with Crippen LogP contribution in [0, 0.1) is 0 Å². The Morgan fingerprint density at radius 1 is 0.710 bits per heavy atom. The maximum atomic E-state index is 13.8. The molecule has 6 heteroatoms. The third-order valence-corrected chi connectivity index (χ3v) is 5.13. The third-order valence-electron chi connectivity index (χ3n) is 5.13. The molecule has 0 aliphatic rings. The van der Waals surface area contributed by atoms with Crippen LogP contribution >= 0.6 is 0 Å². The van der Waals surface area contributed by atoms with Gasteiger partial charge in [-0.15, -0.1) is 0 Å². The second kappa shape index (κ2) is 14.7. The van der Waals surface area contributed by atoms with Gasteiger partial charge in [0.2, 0.25) is 0 Å². The first-order valence-electron chi connectivity index (χ1n) is 11.6. The van der Waals surface area contributed by atoms with Crippen LogP contribution in [0.2, 0.25) is 0 Å². The fraction of sp³-hybridized carbons (Fsp3) is 0.600. The fourth-order valence-electron chi connectivity index (χ4n) is 3.18. The van der Waals surface area contributed by atoms with Crippen molar-refractivity contribution < 1.29 is 18.3 Å². The van der Waals surface area contributed by atoms with Gasteiger partial charge in [0.15, 0.2) is 11.6 Å². The highest BCUT2D eigenvalue weighted by atomic mass is 19.1. The highest BCUT2D eigenvalue weighted by molar-refractivity contribution is 5.56. The molecule has 2 aromatic rings. The number of benzene rings is 1. The van der Waals surface area contributed by atoms with Gasteiger partial charge >= 0.3 is 0 Å². The standard InChI is InChI=1S/C25H36F2N2O2/c1-3-5-7-9-22(27)15-17-31-24-18-28-25(29-19-24)20-10-12-23(13-11-20)30-16-14-21(26)8-6-4-2/h10-13,18-19,21-22H,3-9,14-17H2,1-2H3/t21-,22-/m0/s1. The summed E-state index contributed by atoms with van der Waals surface area (Å²) < 4.78 is 38.6. The summed E-state index contributed by atoms with van der Waals surface area (Å²) in [6.07, 6.45) is 8.60. The van der Waals surface area contributed by atoms with Crippen LogP contribution in [0.25, 0.3) is 11.4 Å². The van der Waals surface area contributed by atoms with E-state index in [1.165, 1.54) is 0 Å². The van der Waals surface area contributed by atoms with Crippen molar-refractivity contribution in [1.82, 2.24) is 9.97 Å². The van der Waals surface area contributed by atoms with E-state index in [4.69, 9.17) is 9.47 Å². The van der Waals surface area contributed by atoms with Gasteiger partial charge in [-0.1, -0.05) is 46.0 Å². The molecule has 0 amide bonds. The van der Waals surface area contributed by atoms with E-state index >= 15 is 0 Å². The van der Waals surface area contributed by atoms with Crippen molar-refractivity contribution in [1.29, 1.82) is 0 Å². The summed E-state index contributed by atoms with van der Waals surface area (Å²) in [5.41, 5.74) is 0.852. The molecule has 0 N–H and O–H groups in total. The van der Waals surface area contributed by atoms with Gasteiger partial charge < -0.3 is 9.47 Å². The van der Waals surface area contributed by atoms with Crippen molar-refractivity contribution in [3.63, 3.8) is 0 Å². The number of unbranched alkanes of at least 4 members (excludes halogenated alkanes) is 3. The summed E-state index contributed by atoms with van der Waals surface area (Å²) in [7, 11) is 0. The predicted molar refractivity (Wildman–Crippen MR) is 121 cm³/mol. The molecule has 0 aliphatic carbocycles. The third kappa shape index (κ3) is 10.1. The molecule has 0 unspecified atom stereocenters. The summed E-state index contributed by atoms with van der Waals surface area (Å²) in [4.78, 5) is 8.66. The first kappa shape index (κ1) is 25.0. The van der Waals surface area contributed by atoms with Crippen molar-refractivity contribution in [3.05, 3.63) is 36.7 Å². The maximum Gasteiger partial charge on any atom is 0.159 e. The lowest BCUT2D eigenvalue weighted by atomic mass is 10.1. The fourth-order valence-corrected chi connectivity index (χ4v) is 3.18. The maximum absolute atomic E-state index is 13.8. The molecule has 172 valence electrons. The Morgan fingerprint density at radius 2 is 1.26 bits per heavy atom. The van der Waals surface area contributed by atoms with Crippen LogP contribution in [0.4, 0.5) is 8.78 Å². The zero-order chi connectivity index (χ0) is 22.3. The van der Waals surface area contributed by atoms with Crippen LogP contribution in [0.3, 0.4) is 0 Å². The number of ether oxygens (including phenoxy) is 2. The smallest absolute Gasteiger partial charge is 0.159 e. The SMILES string of the molecule is CCCCC[C@H](F)CCOc1cnc(-c2ccc(OCC[C@@H](F)CCCC)cc2)nc1. The molecule has 0 saturated heterocycles. The zero-order valence-electron chi connectivity index (χ0n) is 18.9. The molecule has 0 radical (unpaired) electrons. The number of rotatable bonds is 16. The first-order valence-corrected chi connectivity index (χ1v) is 11.6. The van der Waals surface area contributed by atoms with E-state index < -0.39 is 12.3 Å². The van der Waals surface area contributed by atoms with Crippen LogP contribution in [-0.2, 0) is 0 Å². The van der Waals surface area contributed by atoms with Crippen molar-refractivity contribution in [2.24, 2.45) is 0 Å². The molecule has 1 aromatic carbocycles. The summed E-state index contributed by atoms with van der Waals surface area (Å²) in [6, 6.07) is 7.42. The first-order chi connectivity index (χ1) is 15.1. The molecular weight excluding hydrogens is 398 g/mol. The Bertz CT molecular complexity index is 710. The molecule has 0 aliphatic heterocycles. The molecule has 2 atom stereocenters. The van der Waals surface area contributed by atoms with Crippen molar-refractivity contribution in [2.75, 3.05) is 13.2 Å². The van der Waals surface area contributed by atoms with Crippen molar-refractivity contribution >= 4 is 0 Å². The molecule has 0 fully saturated rings. The lowest BCUT2D eigenvalue weighted by Gasteiger charge is -2.10. The molecule has 1 heterocycles. The summed E-state index contributed by atoms with van der Waals surface area (Å²) in [5, 5.41) is 0. The lowest BCUT2D eigenvalue weighted by Crippen LogP contribution is -2.08. The van der Waals surface area contributed by atoms with Crippen LogP contribution in [-0.4, -0.2) is 35.5 Å². The Kier molecular flexibility index (Phi) is 11.9. The highest BCUT2D eigenvalue weighted by Gasteiger charge is 2.08. The normalized spacial score (nSPS) is 13.0. The van der Waals surface area contributed by atoms with Crippen molar-refractivity contribution in [3.8, 4) is 22.9 Å². The molecule has 2 rings (SSSR count). The van der Waals surface area contributed by atoms with Crippen LogP contribution < -0.4 is 9.47 Å². The minimum absolute atomic E-state index is 0.320. The van der Waals surface area contributed by atoms with Gasteiger partial charge in [-0.25, -0.2) is 18.7 Å². The summed E-state index contributed by atoms with van der Waals surface area (Å²) >= 11 is 0. The van der Waals surface area contributed by atoms with Crippen LogP contribution in [0.1, 0.15) is 71.6 Å². The number of hydrogen-bond acceptors (Lipinski definition) is 4. The van der Waals surface area contributed by atoms with Gasteiger partial charge in [-0.3, -0.25) is 0 Å². The summed E-state index contributed by atoms with van der Waals surface area (Å²) in [6.45, 7) is 4.86. The molecule has 4 nitrogen and oxygen atoms in total. The quantitative estimate of drug-likeness (QED) is 0.264. The molecule has 0 spiro atoms. The van der Waals surface area contributed by atoms with E-state index in [1.807, 2.05) is 24.3 Å². The molecule has 1 aromatic heterocycles. The van der Waals surface area contributed by atoms with Gasteiger partial charge in [-0.2, -0.15) is 0 Å². The Labute approximate surface area is 185 Å². The monoisotopic (exact) mass is 434 g/mol. The molecular formula is C25H36F2N2O2. The largest absolute Gasteiger partial charge is 0.493 e. The van der Waals surface area contributed by atoms with Crippen molar-refractivity contribution in [2.45, 2.75) is 84.0 Å². The Hall–Kier alpha value is -2.24. The van der Waals surface area contributed by atoms with E-state index in [2.05, 4.69) is 23.8 Å². The topological polar surface area (TPSA) is 44.2 Å². The van der Waals surface area contributed by atoms with Crippen LogP contribution in [0.5, 0.6) is 11.5 Å². The number of alkyl halides is 2. The number of halogens is 2. The molecule has 0 bridgehead atoms. The van der Waals surface area contributed by atoms with Gasteiger partial charge in [-0.05, 0) is 37.1 Å². The van der Waals surface area contributed by atoms with Gasteiger partial charge in [0.1, 0.15) is 18.1 Å². The van der Waals surface area contributed by atoms with E-state index in [0.29, 0.717) is 56.2 Å². The van der Waals surface area contributed by atoms with Crippen LogP contribution in [0.15, 0.2) is 36.7 Å². The zero-order valence-corrected chi connectivity index (χ0v) is 18.9. The molecule has 0 saturated carbocycles. The number of hydrogen-bond donors (Lipinski definition) is 0. The minimum atomic E-state index is -0.820. The lowest BCUT2D eigenvalue weighted by molar-refractivity contribution is 0.222. The minimum Gasteiger partial charge on any atom is -0.493 e. The highest BCUT2D eigenvalue weighted by Crippen LogP contribution is 2.21. The summed E-state index contributed by atoms with van der Waals surface area (Å²) in [5.74, 6) is 1.81. The predicted octanol–water partition coefficient (Wildman–Crippen LogP) is 7.13. The van der Waals surface area contributed by atoms with Gasteiger partial charge in [0.25, 0.3) is 0 Å². The molecule has 31 heavy (non-hydrogen) atoms. The average Bonchev–Trinajstić information content (AvgIpc) is 2.79. The van der Waals surface area contributed by atoms with E-state index in [-0.39, 0.29) is 0 Å². The second-order valence-electron chi connectivity index (χ2n) is 7.87.